The second kappa shape index (κ2) is 23.6. The second-order valence-corrected chi connectivity index (χ2v) is 20.8. The zero-order chi connectivity index (χ0) is 33.7. The van der Waals surface area contributed by atoms with Crippen LogP contribution in [0.2, 0.25) is 18.1 Å². The predicted molar refractivity (Wildman–Crippen MR) is 188 cm³/mol. The number of morpholine rings is 3. The van der Waals surface area contributed by atoms with Crippen LogP contribution in [-0.4, -0.2) is 173 Å². The maximum atomic E-state index is 7.32. The van der Waals surface area contributed by atoms with Gasteiger partial charge >= 0.3 is 26.4 Å². The largest absolute Gasteiger partial charge is 0.493 e. The summed E-state index contributed by atoms with van der Waals surface area (Å²) < 4.78 is 64.4. The van der Waals surface area contributed by atoms with Crippen molar-refractivity contribution in [3.05, 3.63) is 0 Å². The van der Waals surface area contributed by atoms with Crippen LogP contribution in [0.3, 0.4) is 0 Å². The Morgan fingerprint density at radius 2 is 0.660 bits per heavy atom. The Morgan fingerprint density at radius 1 is 0.404 bits per heavy atom. The van der Waals surface area contributed by atoms with Crippen molar-refractivity contribution in [3.63, 3.8) is 0 Å². The van der Waals surface area contributed by atoms with E-state index in [9.17, 15) is 0 Å². The van der Waals surface area contributed by atoms with E-state index in [0.29, 0.717) is 51.2 Å². The van der Waals surface area contributed by atoms with Gasteiger partial charge in [0, 0.05) is 90.4 Å². The van der Waals surface area contributed by atoms with E-state index in [1.807, 2.05) is 34.6 Å². The third-order valence-electron chi connectivity index (χ3n) is 8.63. The Balaban J connectivity index is 1.88. The van der Waals surface area contributed by atoms with E-state index in [1.165, 1.54) is 0 Å². The van der Waals surface area contributed by atoms with Crippen LogP contribution in [0.15, 0.2) is 0 Å². The summed E-state index contributed by atoms with van der Waals surface area (Å²) in [5, 5.41) is 0. The van der Waals surface area contributed by atoms with E-state index in [4.69, 9.17) is 44.6 Å². The molecule has 3 rings (SSSR count). The zero-order valence-corrected chi connectivity index (χ0v) is 33.3. The zero-order valence-electron chi connectivity index (χ0n) is 30.3. The molecule has 13 nitrogen and oxygen atoms in total. The van der Waals surface area contributed by atoms with E-state index in [2.05, 4.69) is 14.7 Å². The lowest BCUT2D eigenvalue weighted by Crippen LogP contribution is -2.64. The number of nitrogens with zero attached hydrogens (tertiary/aromatic N) is 3. The molecule has 3 aliphatic rings. The molecule has 3 heterocycles. The van der Waals surface area contributed by atoms with Crippen LogP contribution < -0.4 is 0 Å². The number of ether oxygens (including phenoxy) is 3. The lowest BCUT2D eigenvalue weighted by atomic mass is 10.3. The van der Waals surface area contributed by atoms with Crippen LogP contribution in [0.1, 0.15) is 53.9 Å². The summed E-state index contributed by atoms with van der Waals surface area (Å²) in [5.74, 6) is 0. The summed E-state index contributed by atoms with van der Waals surface area (Å²) in [6, 6.07) is 2.01. The molecule has 0 bridgehead atoms. The van der Waals surface area contributed by atoms with Crippen LogP contribution in [-0.2, 0) is 44.6 Å². The maximum absolute atomic E-state index is 7.32. The number of hydrogen-bond donors (Lipinski definition) is 0. The minimum atomic E-state index is -3.48. The Kier molecular flexibility index (Phi) is 20.8. The molecule has 0 aromatic heterocycles. The summed E-state index contributed by atoms with van der Waals surface area (Å²) >= 11 is 0. The van der Waals surface area contributed by atoms with Gasteiger partial charge in [-0.2, -0.15) is 0 Å². The monoisotopic (exact) mass is 725 g/mol. The van der Waals surface area contributed by atoms with E-state index in [-0.39, 0.29) is 0 Å². The fourth-order valence-corrected chi connectivity index (χ4v) is 18.7. The molecule has 0 aliphatic carbocycles. The number of rotatable bonds is 26. The van der Waals surface area contributed by atoms with Crippen molar-refractivity contribution in [1.82, 2.24) is 14.7 Å². The van der Waals surface area contributed by atoms with Gasteiger partial charge in [-0.15, -0.1) is 0 Å². The topological polar surface area (TPSA) is 102 Å². The highest BCUT2D eigenvalue weighted by Gasteiger charge is 2.58. The van der Waals surface area contributed by atoms with Crippen molar-refractivity contribution in [3.8, 4) is 0 Å². The summed E-state index contributed by atoms with van der Waals surface area (Å²) in [6.45, 7) is 25.6. The molecule has 278 valence electrons. The second-order valence-electron chi connectivity index (χ2n) is 12.1. The molecule has 0 spiro atoms. The normalized spacial score (nSPS) is 19.9. The smallest absolute Gasteiger partial charge is 0.379 e. The highest BCUT2D eigenvalue weighted by Crippen LogP contribution is 2.33. The van der Waals surface area contributed by atoms with Gasteiger partial charge in [0.05, 0.1) is 39.6 Å². The summed E-state index contributed by atoms with van der Waals surface area (Å²) in [6.07, 6.45) is 2.66. The molecular weight excluding hydrogens is 659 g/mol. The fraction of sp³-hybridized carbons (Fsp3) is 1.00. The van der Waals surface area contributed by atoms with Gasteiger partial charge in [-0.1, -0.05) is 0 Å². The van der Waals surface area contributed by atoms with E-state index in [1.54, 1.807) is 0 Å². The first-order chi connectivity index (χ1) is 23.0. The highest BCUT2D eigenvalue weighted by molar-refractivity contribution is 6.81. The Bertz CT molecular complexity index is 736. The molecule has 0 aromatic carbocycles. The molecule has 0 saturated carbocycles. The molecule has 0 radical (unpaired) electrons. The third kappa shape index (κ3) is 15.1. The van der Waals surface area contributed by atoms with Gasteiger partial charge in [-0.3, -0.25) is 14.7 Å². The first-order valence-electron chi connectivity index (χ1n) is 18.5. The lowest BCUT2D eigenvalue weighted by molar-refractivity contribution is 0.0285. The molecule has 3 aliphatic heterocycles. The van der Waals surface area contributed by atoms with E-state index >= 15 is 0 Å². The van der Waals surface area contributed by atoms with Gasteiger partial charge in [-0.25, -0.2) is 0 Å². The predicted octanol–water partition coefficient (Wildman–Crippen LogP) is 3.19. The van der Waals surface area contributed by atoms with Crippen LogP contribution in [0.25, 0.3) is 0 Å². The Hall–Kier alpha value is 0.131. The average Bonchev–Trinajstić information content (AvgIpc) is 3.07. The fourth-order valence-electron chi connectivity index (χ4n) is 6.45. The summed E-state index contributed by atoms with van der Waals surface area (Å²) in [4.78, 5) is 7.34. The SMILES string of the molecule is CCO[Si](CCCN1CCOCC1)(OCC)O[Si](CCCN1CCOCC1)(OCC)O[Si](CCCN1CCOCC1)(OCC)OCC. The van der Waals surface area contributed by atoms with Crippen molar-refractivity contribution in [1.29, 1.82) is 0 Å². The van der Waals surface area contributed by atoms with Gasteiger partial charge in [0.15, 0.2) is 0 Å². The molecule has 0 N–H and O–H groups in total. The molecule has 16 heteroatoms. The Labute approximate surface area is 288 Å². The summed E-state index contributed by atoms with van der Waals surface area (Å²) in [7, 11) is -9.95. The van der Waals surface area contributed by atoms with Gasteiger partial charge in [0.2, 0.25) is 0 Å². The molecule has 3 fully saturated rings. The third-order valence-corrected chi connectivity index (χ3v) is 20.1. The van der Waals surface area contributed by atoms with Gasteiger partial charge in [-0.05, 0) is 73.5 Å². The van der Waals surface area contributed by atoms with Crippen LogP contribution in [0.5, 0.6) is 0 Å². The standard InChI is InChI=1S/C31H67N3O10Si3/c1-6-38-45(39-7-2,29-11-14-32-17-23-35-24-18-32)43-47(42-10-5,31-13-16-34-21-27-37-28-22-34)44-46(40-8-3,41-9-4)30-12-15-33-19-25-36-26-20-33/h6-31H2,1-5H3. The van der Waals surface area contributed by atoms with E-state index < -0.39 is 26.4 Å². The lowest BCUT2D eigenvalue weighted by Gasteiger charge is -2.43. The van der Waals surface area contributed by atoms with Crippen molar-refractivity contribution in [2.24, 2.45) is 0 Å². The number of hydrogen-bond acceptors (Lipinski definition) is 13. The van der Waals surface area contributed by atoms with Gasteiger partial charge in [0.25, 0.3) is 0 Å². The van der Waals surface area contributed by atoms with Crippen molar-refractivity contribution in [2.45, 2.75) is 72.0 Å². The maximum Gasteiger partial charge on any atom is 0.493 e. The first-order valence-corrected chi connectivity index (χ1v) is 24.3. The molecule has 0 aromatic rings. The van der Waals surface area contributed by atoms with Crippen molar-refractivity contribution >= 4 is 26.4 Å². The minimum Gasteiger partial charge on any atom is -0.379 e. The van der Waals surface area contributed by atoms with Crippen molar-refractivity contribution < 1.29 is 44.6 Å². The van der Waals surface area contributed by atoms with E-state index in [0.717, 1.165) is 118 Å². The van der Waals surface area contributed by atoms with Crippen LogP contribution >= 0.6 is 0 Å². The van der Waals surface area contributed by atoms with Crippen molar-refractivity contribution in [2.75, 3.05) is 132 Å². The average molecular weight is 726 g/mol. The molecule has 0 amide bonds. The van der Waals surface area contributed by atoms with Gasteiger partial charge < -0.3 is 44.6 Å². The molecule has 47 heavy (non-hydrogen) atoms. The summed E-state index contributed by atoms with van der Waals surface area (Å²) in [5.41, 5.74) is 0. The molecule has 3 saturated heterocycles. The minimum absolute atomic E-state index is 0.455. The quantitative estimate of drug-likeness (QED) is 0.122. The van der Waals surface area contributed by atoms with Crippen LogP contribution in [0, 0.1) is 0 Å². The van der Waals surface area contributed by atoms with Gasteiger partial charge in [0.1, 0.15) is 0 Å². The molecular formula is C31H67N3O10Si3. The highest BCUT2D eigenvalue weighted by atomic mass is 28.5. The molecule has 0 atom stereocenters. The molecule has 0 unspecified atom stereocenters. The Morgan fingerprint density at radius 3 is 0.936 bits per heavy atom. The first kappa shape index (κ1) is 41.6. The van der Waals surface area contributed by atoms with Crippen LogP contribution in [0.4, 0.5) is 0 Å².